The maximum Gasteiger partial charge on any atom is 0.256 e. The topological polar surface area (TPSA) is 46.3 Å². The number of nitrogens with zero attached hydrogens (tertiary/aromatic N) is 2. The van der Waals surface area contributed by atoms with Gasteiger partial charge in [0.1, 0.15) is 5.76 Å². The molecule has 0 atom stereocenters. The molecule has 0 aliphatic carbocycles. The fraction of sp³-hybridized carbons (Fsp3) is 0.333. The predicted octanol–water partition coefficient (Wildman–Crippen LogP) is 3.44. The largest absolute Gasteiger partial charge is 0.437 e. The highest BCUT2D eigenvalue weighted by atomic mass is 32.2. The second-order valence-electron chi connectivity index (χ2n) is 4.38. The number of oxazole rings is 1. The van der Waals surface area contributed by atoms with E-state index in [1.54, 1.807) is 4.90 Å². The van der Waals surface area contributed by atoms with E-state index in [0.29, 0.717) is 17.5 Å². The van der Waals surface area contributed by atoms with E-state index < -0.39 is 0 Å². The van der Waals surface area contributed by atoms with E-state index in [1.807, 2.05) is 51.1 Å². The van der Waals surface area contributed by atoms with Crippen molar-refractivity contribution >= 4 is 23.4 Å². The highest BCUT2D eigenvalue weighted by Gasteiger charge is 2.15. The van der Waals surface area contributed by atoms with Gasteiger partial charge in [-0.15, -0.1) is 0 Å². The molecule has 1 aromatic carbocycles. The van der Waals surface area contributed by atoms with Crippen LogP contribution in [0.2, 0.25) is 0 Å². The molecule has 0 radical (unpaired) electrons. The zero-order chi connectivity index (χ0) is 14.5. The lowest BCUT2D eigenvalue weighted by Gasteiger charge is -2.20. The van der Waals surface area contributed by atoms with Crippen molar-refractivity contribution in [1.82, 2.24) is 4.98 Å². The van der Waals surface area contributed by atoms with Gasteiger partial charge in [0.25, 0.3) is 5.22 Å². The van der Waals surface area contributed by atoms with Crippen LogP contribution in [0.5, 0.6) is 0 Å². The third-order valence-corrected chi connectivity index (χ3v) is 3.83. The van der Waals surface area contributed by atoms with Gasteiger partial charge < -0.3 is 9.32 Å². The van der Waals surface area contributed by atoms with Crippen molar-refractivity contribution < 1.29 is 9.21 Å². The zero-order valence-corrected chi connectivity index (χ0v) is 12.7. The molecule has 0 saturated heterocycles. The molecule has 0 saturated carbocycles. The summed E-state index contributed by atoms with van der Waals surface area (Å²) < 4.78 is 5.46. The monoisotopic (exact) mass is 290 g/mol. The number of thioether (sulfide) groups is 1. The number of anilines is 1. The van der Waals surface area contributed by atoms with Gasteiger partial charge >= 0.3 is 0 Å². The van der Waals surface area contributed by atoms with Crippen molar-refractivity contribution in [2.45, 2.75) is 26.0 Å². The Morgan fingerprint density at radius 2 is 2.00 bits per heavy atom. The number of carbonyl (C=O) groups is 1. The van der Waals surface area contributed by atoms with Crippen LogP contribution in [0.25, 0.3) is 0 Å². The summed E-state index contributed by atoms with van der Waals surface area (Å²) in [6, 6.07) is 9.67. The van der Waals surface area contributed by atoms with Gasteiger partial charge in [-0.2, -0.15) is 0 Å². The van der Waals surface area contributed by atoms with Gasteiger partial charge in [-0.3, -0.25) is 4.79 Å². The summed E-state index contributed by atoms with van der Waals surface area (Å²) in [4.78, 5) is 18.3. The summed E-state index contributed by atoms with van der Waals surface area (Å²) in [6.07, 6.45) is 0. The van der Waals surface area contributed by atoms with Gasteiger partial charge in [-0.05, 0) is 32.9 Å². The highest BCUT2D eigenvalue weighted by molar-refractivity contribution is 7.99. The summed E-state index contributed by atoms with van der Waals surface area (Å²) in [5, 5.41) is 0.553. The SMILES string of the molecule is CCN(C(=O)CSc1nc(C)c(C)o1)c1ccccc1. The number of aromatic nitrogens is 1. The Balaban J connectivity index is 2.00. The van der Waals surface area contributed by atoms with Crippen molar-refractivity contribution in [3.8, 4) is 0 Å². The maximum absolute atomic E-state index is 12.3. The van der Waals surface area contributed by atoms with Crippen LogP contribution in [0, 0.1) is 13.8 Å². The first-order valence-electron chi connectivity index (χ1n) is 6.54. The average molecular weight is 290 g/mol. The second kappa shape index (κ2) is 6.61. The molecule has 0 N–H and O–H groups in total. The summed E-state index contributed by atoms with van der Waals surface area (Å²) in [7, 11) is 0. The van der Waals surface area contributed by atoms with Gasteiger partial charge in [0, 0.05) is 12.2 Å². The smallest absolute Gasteiger partial charge is 0.256 e. The molecule has 0 fully saturated rings. The Morgan fingerprint density at radius 1 is 1.30 bits per heavy atom. The Morgan fingerprint density at radius 3 is 2.55 bits per heavy atom. The average Bonchev–Trinajstić information content (AvgIpc) is 2.78. The van der Waals surface area contributed by atoms with Gasteiger partial charge in [-0.1, -0.05) is 30.0 Å². The number of aryl methyl sites for hydroxylation is 2. The number of benzene rings is 1. The molecule has 1 aromatic heterocycles. The van der Waals surface area contributed by atoms with Crippen LogP contribution in [-0.2, 0) is 4.79 Å². The number of hydrogen-bond acceptors (Lipinski definition) is 4. The van der Waals surface area contributed by atoms with Crippen LogP contribution < -0.4 is 4.90 Å². The van der Waals surface area contributed by atoms with E-state index in [2.05, 4.69) is 4.98 Å². The van der Waals surface area contributed by atoms with E-state index in [9.17, 15) is 4.79 Å². The molecular formula is C15H18N2O2S. The first-order chi connectivity index (χ1) is 9.61. The van der Waals surface area contributed by atoms with Crippen LogP contribution in [0.4, 0.5) is 5.69 Å². The molecule has 0 aliphatic heterocycles. The third kappa shape index (κ3) is 3.42. The van der Waals surface area contributed by atoms with E-state index >= 15 is 0 Å². The fourth-order valence-electron chi connectivity index (χ4n) is 1.82. The van der Waals surface area contributed by atoms with Gasteiger partial charge in [0.2, 0.25) is 5.91 Å². The molecule has 0 aliphatic rings. The van der Waals surface area contributed by atoms with E-state index in [-0.39, 0.29) is 5.91 Å². The number of amides is 1. The molecule has 0 bridgehead atoms. The van der Waals surface area contributed by atoms with E-state index in [4.69, 9.17) is 4.42 Å². The quantitative estimate of drug-likeness (QED) is 0.791. The molecular weight excluding hydrogens is 272 g/mol. The minimum absolute atomic E-state index is 0.0530. The Kier molecular flexibility index (Phi) is 4.84. The summed E-state index contributed by atoms with van der Waals surface area (Å²) in [6.45, 7) is 6.38. The molecule has 1 heterocycles. The van der Waals surface area contributed by atoms with Crippen LogP contribution >= 0.6 is 11.8 Å². The Hall–Kier alpha value is -1.75. The predicted molar refractivity (Wildman–Crippen MR) is 81.2 cm³/mol. The second-order valence-corrected chi connectivity index (χ2v) is 5.31. The normalized spacial score (nSPS) is 10.6. The van der Waals surface area contributed by atoms with Crippen LogP contribution in [0.1, 0.15) is 18.4 Å². The molecule has 0 spiro atoms. The van der Waals surface area contributed by atoms with Crippen LogP contribution in [0.15, 0.2) is 40.0 Å². The van der Waals surface area contributed by atoms with Crippen LogP contribution in [-0.4, -0.2) is 23.2 Å². The molecule has 2 rings (SSSR count). The van der Waals surface area contributed by atoms with Crippen molar-refractivity contribution in [2.24, 2.45) is 0 Å². The Bertz CT molecular complexity index is 561. The third-order valence-electron chi connectivity index (χ3n) is 3.01. The molecule has 106 valence electrons. The summed E-state index contributed by atoms with van der Waals surface area (Å²) in [5.41, 5.74) is 1.79. The van der Waals surface area contributed by atoms with Gasteiger partial charge in [0.15, 0.2) is 0 Å². The van der Waals surface area contributed by atoms with Crippen LogP contribution in [0.3, 0.4) is 0 Å². The molecule has 4 nitrogen and oxygen atoms in total. The zero-order valence-electron chi connectivity index (χ0n) is 11.9. The standard InChI is InChI=1S/C15H18N2O2S/c1-4-17(13-8-6-5-7-9-13)14(18)10-20-15-16-11(2)12(3)19-15/h5-9H,4,10H2,1-3H3. The number of carbonyl (C=O) groups excluding carboxylic acids is 1. The lowest BCUT2D eigenvalue weighted by molar-refractivity contribution is -0.116. The molecule has 1 amide bonds. The number of para-hydroxylation sites is 1. The van der Waals surface area contributed by atoms with Gasteiger partial charge in [0.05, 0.1) is 11.4 Å². The van der Waals surface area contributed by atoms with Gasteiger partial charge in [-0.25, -0.2) is 4.98 Å². The molecule has 5 heteroatoms. The number of hydrogen-bond donors (Lipinski definition) is 0. The van der Waals surface area contributed by atoms with Crippen molar-refractivity contribution in [3.63, 3.8) is 0 Å². The lowest BCUT2D eigenvalue weighted by atomic mass is 10.3. The van der Waals surface area contributed by atoms with E-state index in [1.165, 1.54) is 11.8 Å². The molecule has 2 aromatic rings. The van der Waals surface area contributed by atoms with Crippen molar-refractivity contribution in [3.05, 3.63) is 41.8 Å². The molecule has 20 heavy (non-hydrogen) atoms. The maximum atomic E-state index is 12.3. The minimum Gasteiger partial charge on any atom is -0.437 e. The highest BCUT2D eigenvalue weighted by Crippen LogP contribution is 2.22. The summed E-state index contributed by atoms with van der Waals surface area (Å²) >= 11 is 1.33. The van der Waals surface area contributed by atoms with Crippen molar-refractivity contribution in [1.29, 1.82) is 0 Å². The Labute approximate surface area is 123 Å². The first-order valence-corrected chi connectivity index (χ1v) is 7.52. The number of rotatable bonds is 5. The first kappa shape index (κ1) is 14.7. The van der Waals surface area contributed by atoms with E-state index in [0.717, 1.165) is 17.1 Å². The van der Waals surface area contributed by atoms with Crippen molar-refractivity contribution in [2.75, 3.05) is 17.2 Å². The lowest BCUT2D eigenvalue weighted by Crippen LogP contribution is -2.32. The summed E-state index contributed by atoms with van der Waals surface area (Å²) in [5.74, 6) is 1.18. The fourth-order valence-corrected chi connectivity index (χ4v) is 2.61. The minimum atomic E-state index is 0.0530. The molecule has 0 unspecified atom stereocenters.